The summed E-state index contributed by atoms with van der Waals surface area (Å²) in [6, 6.07) is 37.8. The van der Waals surface area contributed by atoms with Gasteiger partial charge in [-0.3, -0.25) is 19.2 Å². The molecule has 62 heavy (non-hydrogen) atoms. The fourth-order valence-electron chi connectivity index (χ4n) is 6.74. The molecule has 2 heterocycles. The van der Waals surface area contributed by atoms with E-state index in [1.807, 2.05) is 48.5 Å². The second kappa shape index (κ2) is 19.0. The molecule has 10 nitrogen and oxygen atoms in total. The van der Waals surface area contributed by atoms with Crippen LogP contribution in [0.25, 0.3) is 0 Å². The van der Waals surface area contributed by atoms with Crippen LogP contribution in [-0.4, -0.2) is 35.8 Å². The second-order valence-electron chi connectivity index (χ2n) is 15.9. The Labute approximate surface area is 363 Å². The average molecular weight is 833 g/mol. The summed E-state index contributed by atoms with van der Waals surface area (Å²) in [7, 11) is 1.52. The maximum atomic E-state index is 13.3. The first-order valence-corrected chi connectivity index (χ1v) is 20.8. The molecule has 0 saturated carbocycles. The lowest BCUT2D eigenvalue weighted by Gasteiger charge is -2.26. The van der Waals surface area contributed by atoms with E-state index in [4.69, 9.17) is 14.2 Å². The summed E-state index contributed by atoms with van der Waals surface area (Å²) < 4.78 is 17.5. The van der Waals surface area contributed by atoms with Crippen molar-refractivity contribution in [2.75, 3.05) is 16.9 Å². The maximum Gasteiger partial charge on any atom is 0.266 e. The molecule has 0 atom stereocenters. The number of hydrogen-bond acceptors (Lipinski definition) is 8. The van der Waals surface area contributed by atoms with Gasteiger partial charge in [0.15, 0.2) is 0 Å². The third kappa shape index (κ3) is 9.39. The van der Waals surface area contributed by atoms with Gasteiger partial charge in [0.25, 0.3) is 23.6 Å². The molecule has 0 spiro atoms. The first-order valence-electron chi connectivity index (χ1n) is 20.8. The molecule has 0 radical (unpaired) electrons. The van der Waals surface area contributed by atoms with Gasteiger partial charge in [0.1, 0.15) is 34.5 Å². The molecule has 4 amide bonds. The number of carbonyl (C=O) groups excluding carboxylic acids is 4. The predicted octanol–water partition coefficient (Wildman–Crippen LogP) is 12.4. The van der Waals surface area contributed by atoms with Crippen molar-refractivity contribution in [3.8, 4) is 34.5 Å². The lowest BCUT2D eigenvalue weighted by atomic mass is 9.78. The first kappa shape index (κ1) is 44.4. The molecule has 0 fully saturated rings. The van der Waals surface area contributed by atoms with E-state index in [0.717, 1.165) is 26.8 Å². The number of nitrogens with zero attached hydrogens (tertiary/aromatic N) is 2. The van der Waals surface area contributed by atoms with Crippen LogP contribution in [0.1, 0.15) is 114 Å². The van der Waals surface area contributed by atoms with Crippen molar-refractivity contribution < 1.29 is 38.5 Å². The van der Waals surface area contributed by atoms with Crippen LogP contribution in [0.5, 0.6) is 34.5 Å². The maximum absolute atomic E-state index is 13.3. The van der Waals surface area contributed by atoms with Gasteiger partial charge in [0.05, 0.1) is 40.7 Å². The van der Waals surface area contributed by atoms with Crippen molar-refractivity contribution in [1.82, 2.24) is 0 Å². The predicted molar refractivity (Wildman–Crippen MR) is 243 cm³/mol. The minimum Gasteiger partial charge on any atom is -0.508 e. The van der Waals surface area contributed by atoms with Crippen molar-refractivity contribution in [2.45, 2.75) is 66.7 Å². The Balaban J connectivity index is 0.000000740. The van der Waals surface area contributed by atoms with Crippen molar-refractivity contribution >= 4 is 35.0 Å². The molecule has 0 unspecified atom stereocenters. The number of aromatic hydroxyl groups is 1. The highest BCUT2D eigenvalue weighted by Gasteiger charge is 2.38. The molecule has 0 saturated heterocycles. The Morgan fingerprint density at radius 3 is 1.31 bits per heavy atom. The minimum atomic E-state index is -0.490. The Bertz CT molecular complexity index is 2600. The third-order valence-electron chi connectivity index (χ3n) is 10.6. The van der Waals surface area contributed by atoms with Gasteiger partial charge in [-0.2, -0.15) is 0 Å². The molecule has 2 aliphatic heterocycles. The number of hydrogen-bond donors (Lipinski definition) is 1. The van der Waals surface area contributed by atoms with E-state index in [1.54, 1.807) is 72.8 Å². The lowest BCUT2D eigenvalue weighted by molar-refractivity contribution is 0.0910. The molecule has 6 aromatic carbocycles. The zero-order chi connectivity index (χ0) is 44.7. The van der Waals surface area contributed by atoms with E-state index >= 15 is 0 Å². The number of phenols is 1. The monoisotopic (exact) mass is 832 g/mol. The van der Waals surface area contributed by atoms with Crippen molar-refractivity contribution in [2.24, 2.45) is 5.92 Å². The number of anilines is 2. The van der Waals surface area contributed by atoms with Crippen LogP contribution < -0.4 is 24.0 Å². The van der Waals surface area contributed by atoms with E-state index in [0.29, 0.717) is 40.0 Å². The molecule has 0 bridgehead atoms. The number of benzene rings is 6. The Hall–Kier alpha value is -7.20. The smallest absolute Gasteiger partial charge is 0.266 e. The quantitative estimate of drug-likeness (QED) is 0.135. The van der Waals surface area contributed by atoms with Gasteiger partial charge in [0, 0.05) is 17.5 Å². The Morgan fingerprint density at radius 1 is 0.516 bits per heavy atom. The number of carbonyl (C=O) groups is 4. The number of imide groups is 2. The summed E-state index contributed by atoms with van der Waals surface area (Å²) in [5, 5.41) is 9.85. The fraction of sp³-hybridized carbons (Fsp3) is 0.231. The molecule has 6 aromatic rings. The van der Waals surface area contributed by atoms with Gasteiger partial charge in [-0.25, -0.2) is 9.80 Å². The highest BCUT2D eigenvalue weighted by atomic mass is 16.5. The molecule has 8 rings (SSSR count). The van der Waals surface area contributed by atoms with Crippen molar-refractivity contribution in [3.63, 3.8) is 0 Å². The Morgan fingerprint density at radius 2 is 0.903 bits per heavy atom. The standard InChI is InChI=1S/C44H32N2O8.C5H12.C3H8/c1-44(2,26-10-14-31(15-11-26)53-34-18-20-36-38(24-34)42(50)45(40(36)48)28-6-4-8-30(47)22-28)27-12-16-32(17-13-27)54-35-19-21-37-39(25-35)43(51)46(41(37)49)29-7-5-9-33(23-29)52-3;1-4-5(2)3;1-3-2/h4-25,47H,1-3H3;5H,4H2,1-3H3;3H2,1-2H3. The van der Waals surface area contributed by atoms with Gasteiger partial charge in [-0.05, 0) is 102 Å². The number of fused-ring (bicyclic) bond motifs is 2. The SMILES string of the molecule is CCC.CCC(C)C.COc1cccc(N2C(=O)c3ccc(Oc4ccc(C(C)(C)c5ccc(Oc6ccc7c(c6)C(=O)N(c6cccc(O)c6)C7=O)cc5)cc4)cc3C2=O)c1. The topological polar surface area (TPSA) is 123 Å². The molecular formula is C52H52N2O8. The van der Waals surface area contributed by atoms with Gasteiger partial charge < -0.3 is 19.3 Å². The first-order chi connectivity index (χ1) is 29.7. The molecule has 2 aliphatic rings. The number of amides is 4. The Kier molecular flexibility index (Phi) is 13.6. The second-order valence-corrected chi connectivity index (χ2v) is 15.9. The van der Waals surface area contributed by atoms with E-state index in [-0.39, 0.29) is 28.1 Å². The van der Waals surface area contributed by atoms with E-state index < -0.39 is 29.0 Å². The summed E-state index contributed by atoms with van der Waals surface area (Å²) in [6.07, 6.45) is 2.56. The summed E-state index contributed by atoms with van der Waals surface area (Å²) in [5.74, 6) is 1.55. The molecule has 318 valence electrons. The molecular weight excluding hydrogens is 781 g/mol. The van der Waals surface area contributed by atoms with Gasteiger partial charge >= 0.3 is 0 Å². The van der Waals surface area contributed by atoms with Crippen molar-refractivity contribution in [3.05, 3.63) is 167 Å². The van der Waals surface area contributed by atoms with Crippen LogP contribution in [0.15, 0.2) is 133 Å². The summed E-state index contributed by atoms with van der Waals surface area (Å²) >= 11 is 0. The highest BCUT2D eigenvalue weighted by molar-refractivity contribution is 6.35. The molecule has 0 aromatic heterocycles. The molecule has 10 heteroatoms. The van der Waals surface area contributed by atoms with Gasteiger partial charge in [-0.1, -0.05) is 97.7 Å². The molecule has 0 aliphatic carbocycles. The fourth-order valence-corrected chi connectivity index (χ4v) is 6.74. The van der Waals surface area contributed by atoms with Crippen LogP contribution in [-0.2, 0) is 5.41 Å². The average Bonchev–Trinajstić information content (AvgIpc) is 3.67. The lowest BCUT2D eigenvalue weighted by Crippen LogP contribution is -2.29. The number of rotatable bonds is 10. The van der Waals surface area contributed by atoms with Crippen LogP contribution in [0.2, 0.25) is 0 Å². The summed E-state index contributed by atoms with van der Waals surface area (Å²) in [6.45, 7) is 15.1. The van der Waals surface area contributed by atoms with Gasteiger partial charge in [0.2, 0.25) is 0 Å². The number of methoxy groups -OCH3 is 1. The van der Waals surface area contributed by atoms with Crippen LogP contribution in [0.3, 0.4) is 0 Å². The van der Waals surface area contributed by atoms with Gasteiger partial charge in [-0.15, -0.1) is 0 Å². The van der Waals surface area contributed by atoms with Crippen LogP contribution >= 0.6 is 0 Å². The van der Waals surface area contributed by atoms with E-state index in [9.17, 15) is 24.3 Å². The zero-order valence-electron chi connectivity index (χ0n) is 36.4. The zero-order valence-corrected chi connectivity index (χ0v) is 36.4. The molecule has 1 N–H and O–H groups in total. The van der Waals surface area contributed by atoms with Crippen LogP contribution in [0, 0.1) is 5.92 Å². The largest absolute Gasteiger partial charge is 0.508 e. The van der Waals surface area contributed by atoms with E-state index in [1.165, 1.54) is 32.1 Å². The normalized spacial score (nSPS) is 12.9. The number of phenolic OH excluding ortho intramolecular Hbond substituents is 1. The van der Waals surface area contributed by atoms with Crippen LogP contribution in [0.4, 0.5) is 11.4 Å². The van der Waals surface area contributed by atoms with Crippen molar-refractivity contribution in [1.29, 1.82) is 0 Å². The van der Waals surface area contributed by atoms with E-state index in [2.05, 4.69) is 48.5 Å². The summed E-state index contributed by atoms with van der Waals surface area (Å²) in [5.41, 5.74) is 3.45. The minimum absolute atomic E-state index is 0.0459. The summed E-state index contributed by atoms with van der Waals surface area (Å²) in [4.78, 5) is 54.8. The number of ether oxygens (including phenoxy) is 3. The highest BCUT2D eigenvalue weighted by Crippen LogP contribution is 2.38. The third-order valence-corrected chi connectivity index (χ3v) is 10.6.